The first-order chi connectivity index (χ1) is 9.47. The molecule has 0 saturated carbocycles. The first-order valence-corrected chi connectivity index (χ1v) is 6.78. The number of aryl methyl sites for hydroxylation is 1. The Balaban J connectivity index is 2.20. The van der Waals surface area contributed by atoms with Crippen molar-refractivity contribution in [1.82, 2.24) is 0 Å². The maximum atomic E-state index is 13.2. The lowest BCUT2D eigenvalue weighted by atomic mass is 10.1. The van der Waals surface area contributed by atoms with Gasteiger partial charge in [0.1, 0.15) is 18.2 Å². The minimum Gasteiger partial charge on any atom is -0.489 e. The SMILES string of the molecule is Cc1ccc(OCc2cc(F)ccc2Cl)c([C@H](C)N)c1. The number of nitrogens with two attached hydrogens (primary N) is 1. The highest BCUT2D eigenvalue weighted by molar-refractivity contribution is 6.31. The summed E-state index contributed by atoms with van der Waals surface area (Å²) >= 11 is 6.02. The summed E-state index contributed by atoms with van der Waals surface area (Å²) in [6, 6.07) is 9.92. The molecule has 0 amide bonds. The number of hydrogen-bond acceptors (Lipinski definition) is 2. The summed E-state index contributed by atoms with van der Waals surface area (Å²) in [5.74, 6) is 0.371. The zero-order valence-electron chi connectivity index (χ0n) is 11.5. The van der Waals surface area contributed by atoms with E-state index in [-0.39, 0.29) is 18.5 Å². The third-order valence-electron chi connectivity index (χ3n) is 3.05. The zero-order valence-corrected chi connectivity index (χ0v) is 12.2. The molecule has 2 rings (SSSR count). The van der Waals surface area contributed by atoms with Gasteiger partial charge in [-0.3, -0.25) is 0 Å². The summed E-state index contributed by atoms with van der Waals surface area (Å²) in [5, 5.41) is 0.487. The second-order valence-corrected chi connectivity index (χ2v) is 5.26. The van der Waals surface area contributed by atoms with Crippen molar-refractivity contribution < 1.29 is 9.13 Å². The van der Waals surface area contributed by atoms with Gasteiger partial charge in [0.2, 0.25) is 0 Å². The highest BCUT2D eigenvalue weighted by Gasteiger charge is 2.10. The van der Waals surface area contributed by atoms with Crippen LogP contribution in [0, 0.1) is 12.7 Å². The molecule has 0 spiro atoms. The molecule has 2 aromatic rings. The van der Waals surface area contributed by atoms with Crippen LogP contribution in [0.15, 0.2) is 36.4 Å². The molecule has 2 aromatic carbocycles. The van der Waals surface area contributed by atoms with Crippen LogP contribution in [-0.4, -0.2) is 0 Å². The fraction of sp³-hybridized carbons (Fsp3) is 0.250. The predicted octanol–water partition coefficient (Wildman–Crippen LogP) is 4.39. The van der Waals surface area contributed by atoms with Gasteiger partial charge in [0.25, 0.3) is 0 Å². The Morgan fingerprint density at radius 1 is 1.25 bits per heavy atom. The third-order valence-corrected chi connectivity index (χ3v) is 3.42. The molecule has 0 heterocycles. The summed E-state index contributed by atoms with van der Waals surface area (Å²) in [7, 11) is 0. The van der Waals surface area contributed by atoms with Crippen molar-refractivity contribution in [1.29, 1.82) is 0 Å². The lowest BCUT2D eigenvalue weighted by Crippen LogP contribution is -2.08. The molecule has 0 aliphatic carbocycles. The predicted molar refractivity (Wildman–Crippen MR) is 79.5 cm³/mol. The molecule has 0 fully saturated rings. The van der Waals surface area contributed by atoms with E-state index in [1.54, 1.807) is 0 Å². The maximum absolute atomic E-state index is 13.2. The van der Waals surface area contributed by atoms with Gasteiger partial charge in [-0.15, -0.1) is 0 Å². The van der Waals surface area contributed by atoms with Crippen LogP contribution >= 0.6 is 11.6 Å². The summed E-state index contributed by atoms with van der Waals surface area (Å²) in [4.78, 5) is 0. The molecule has 0 radical (unpaired) electrons. The van der Waals surface area contributed by atoms with E-state index in [0.717, 1.165) is 11.1 Å². The van der Waals surface area contributed by atoms with Crippen LogP contribution < -0.4 is 10.5 Å². The Morgan fingerprint density at radius 3 is 2.70 bits per heavy atom. The number of benzene rings is 2. The lowest BCUT2D eigenvalue weighted by Gasteiger charge is -2.15. The van der Waals surface area contributed by atoms with Gasteiger partial charge in [-0.2, -0.15) is 0 Å². The molecule has 20 heavy (non-hydrogen) atoms. The zero-order chi connectivity index (χ0) is 14.7. The Hall–Kier alpha value is -1.58. The van der Waals surface area contributed by atoms with E-state index in [0.29, 0.717) is 16.3 Å². The molecule has 2 N–H and O–H groups in total. The fourth-order valence-electron chi connectivity index (χ4n) is 1.96. The van der Waals surface area contributed by atoms with Gasteiger partial charge in [-0.05, 0) is 38.1 Å². The summed E-state index contributed by atoms with van der Waals surface area (Å²) < 4.78 is 18.9. The molecular weight excluding hydrogens is 277 g/mol. The average molecular weight is 294 g/mol. The number of halogens is 2. The quantitative estimate of drug-likeness (QED) is 0.907. The minimum absolute atomic E-state index is 0.132. The van der Waals surface area contributed by atoms with Crippen LogP contribution in [0.3, 0.4) is 0 Å². The topological polar surface area (TPSA) is 35.2 Å². The van der Waals surface area contributed by atoms with E-state index in [4.69, 9.17) is 22.1 Å². The Bertz CT molecular complexity index is 613. The maximum Gasteiger partial charge on any atom is 0.124 e. The normalized spacial score (nSPS) is 12.2. The van der Waals surface area contributed by atoms with Gasteiger partial charge in [0, 0.05) is 22.2 Å². The van der Waals surface area contributed by atoms with Crippen LogP contribution in [-0.2, 0) is 6.61 Å². The Kier molecular flexibility index (Phi) is 4.63. The Labute approximate surface area is 123 Å². The van der Waals surface area contributed by atoms with Crippen LogP contribution in [0.2, 0.25) is 5.02 Å². The molecule has 0 unspecified atom stereocenters. The highest BCUT2D eigenvalue weighted by atomic mass is 35.5. The van der Waals surface area contributed by atoms with Gasteiger partial charge in [-0.1, -0.05) is 29.3 Å². The van der Waals surface area contributed by atoms with Crippen LogP contribution in [0.1, 0.15) is 29.7 Å². The smallest absolute Gasteiger partial charge is 0.124 e. The van der Waals surface area contributed by atoms with Gasteiger partial charge >= 0.3 is 0 Å². The van der Waals surface area contributed by atoms with Crippen molar-refractivity contribution in [3.8, 4) is 5.75 Å². The van der Waals surface area contributed by atoms with Gasteiger partial charge < -0.3 is 10.5 Å². The highest BCUT2D eigenvalue weighted by Crippen LogP contribution is 2.27. The van der Waals surface area contributed by atoms with E-state index in [2.05, 4.69) is 0 Å². The van der Waals surface area contributed by atoms with Crippen molar-refractivity contribution in [2.75, 3.05) is 0 Å². The molecular formula is C16H17ClFNO. The fourth-order valence-corrected chi connectivity index (χ4v) is 2.14. The van der Waals surface area contributed by atoms with Crippen molar-refractivity contribution in [2.24, 2.45) is 5.73 Å². The number of rotatable bonds is 4. The number of ether oxygens (including phenoxy) is 1. The van der Waals surface area contributed by atoms with Crippen molar-refractivity contribution in [2.45, 2.75) is 26.5 Å². The molecule has 0 bridgehead atoms. The van der Waals surface area contributed by atoms with Gasteiger partial charge in [0.15, 0.2) is 0 Å². The first-order valence-electron chi connectivity index (χ1n) is 6.40. The van der Waals surface area contributed by atoms with Crippen LogP contribution in [0.4, 0.5) is 4.39 Å². The summed E-state index contributed by atoms with van der Waals surface area (Å²) in [5.41, 5.74) is 8.60. The van der Waals surface area contributed by atoms with E-state index in [9.17, 15) is 4.39 Å². The second kappa shape index (κ2) is 6.25. The molecule has 2 nitrogen and oxygen atoms in total. The van der Waals surface area contributed by atoms with E-state index in [1.807, 2.05) is 32.0 Å². The lowest BCUT2D eigenvalue weighted by molar-refractivity contribution is 0.301. The van der Waals surface area contributed by atoms with E-state index in [1.165, 1.54) is 18.2 Å². The van der Waals surface area contributed by atoms with Crippen molar-refractivity contribution in [3.63, 3.8) is 0 Å². The largest absolute Gasteiger partial charge is 0.489 e. The van der Waals surface area contributed by atoms with Crippen molar-refractivity contribution in [3.05, 3.63) is 63.9 Å². The van der Waals surface area contributed by atoms with Gasteiger partial charge in [0.05, 0.1) is 0 Å². The minimum atomic E-state index is -0.329. The molecule has 106 valence electrons. The third kappa shape index (κ3) is 3.50. The molecule has 4 heteroatoms. The first kappa shape index (κ1) is 14.8. The summed E-state index contributed by atoms with van der Waals surface area (Å²) in [6.07, 6.45) is 0. The van der Waals surface area contributed by atoms with E-state index < -0.39 is 0 Å². The molecule has 0 aromatic heterocycles. The van der Waals surface area contributed by atoms with Crippen molar-refractivity contribution >= 4 is 11.6 Å². The average Bonchev–Trinajstić information content (AvgIpc) is 2.40. The molecule has 0 saturated heterocycles. The Morgan fingerprint density at radius 2 is 2.00 bits per heavy atom. The van der Waals surface area contributed by atoms with Crippen LogP contribution in [0.25, 0.3) is 0 Å². The summed E-state index contributed by atoms with van der Waals surface area (Å²) in [6.45, 7) is 4.11. The second-order valence-electron chi connectivity index (χ2n) is 4.85. The standard InChI is InChI=1S/C16H17ClFNO/c1-10-3-6-16(14(7-10)11(2)19)20-9-12-8-13(18)4-5-15(12)17/h3-8,11H,9,19H2,1-2H3/t11-/m0/s1. The van der Waals surface area contributed by atoms with Crippen LogP contribution in [0.5, 0.6) is 5.75 Å². The van der Waals surface area contributed by atoms with Gasteiger partial charge in [-0.25, -0.2) is 4.39 Å². The monoisotopic (exact) mass is 293 g/mol. The molecule has 1 atom stereocenters. The molecule has 0 aliphatic rings. The molecule has 0 aliphatic heterocycles. The van der Waals surface area contributed by atoms with E-state index >= 15 is 0 Å². The number of hydrogen-bond donors (Lipinski definition) is 1.